The van der Waals surface area contributed by atoms with E-state index in [1.807, 2.05) is 6.92 Å². The molecule has 0 radical (unpaired) electrons. The average molecular weight is 281 g/mol. The Kier molecular flexibility index (Phi) is 4.06. The lowest BCUT2D eigenvalue weighted by molar-refractivity contribution is 0.0834. The summed E-state index contributed by atoms with van der Waals surface area (Å²) in [7, 11) is 0. The second kappa shape index (κ2) is 5.43. The van der Waals surface area contributed by atoms with E-state index in [0.29, 0.717) is 10.4 Å². The summed E-state index contributed by atoms with van der Waals surface area (Å²) in [6, 6.07) is 1.64. The van der Waals surface area contributed by atoms with Gasteiger partial charge in [0.1, 0.15) is 0 Å². The van der Waals surface area contributed by atoms with Crippen LogP contribution in [0, 0.1) is 5.41 Å². The Morgan fingerprint density at radius 1 is 1.58 bits per heavy atom. The molecule has 1 amide bonds. The summed E-state index contributed by atoms with van der Waals surface area (Å²) in [5.74, 6) is -0.180. The largest absolute Gasteiger partial charge is 0.396 e. The number of amides is 1. The fourth-order valence-electron chi connectivity index (χ4n) is 2.54. The van der Waals surface area contributed by atoms with Gasteiger partial charge in [0.05, 0.1) is 11.5 Å². The molecular formula is C14H19NO3S. The van der Waals surface area contributed by atoms with Crippen molar-refractivity contribution in [2.75, 3.05) is 6.61 Å². The number of nitrogens with one attached hydrogen (secondary N) is 1. The lowest BCUT2D eigenvalue weighted by Crippen LogP contribution is -2.44. The van der Waals surface area contributed by atoms with Gasteiger partial charge in [-0.2, -0.15) is 0 Å². The molecule has 0 aromatic carbocycles. The molecule has 2 rings (SSSR count). The van der Waals surface area contributed by atoms with Gasteiger partial charge in [-0.25, -0.2) is 0 Å². The molecule has 0 bridgehead atoms. The Morgan fingerprint density at radius 3 is 2.89 bits per heavy atom. The first-order valence-electron chi connectivity index (χ1n) is 6.47. The standard InChI is InChI=1S/C14H19NO3S/c1-9(17)10-6-11(19-7-10)13(18)15-12-4-3-5-14(12,2)8-16/h6-7,12,16H,3-5,8H2,1-2H3,(H,15,18). The van der Waals surface area contributed by atoms with Crippen molar-refractivity contribution in [3.8, 4) is 0 Å². The van der Waals surface area contributed by atoms with Crippen LogP contribution in [0.2, 0.25) is 0 Å². The Bertz CT molecular complexity index is 497. The van der Waals surface area contributed by atoms with Crippen molar-refractivity contribution >= 4 is 23.0 Å². The molecule has 1 aliphatic rings. The van der Waals surface area contributed by atoms with Crippen molar-refractivity contribution in [2.45, 2.75) is 39.2 Å². The zero-order valence-electron chi connectivity index (χ0n) is 11.2. The topological polar surface area (TPSA) is 66.4 Å². The van der Waals surface area contributed by atoms with E-state index < -0.39 is 0 Å². The number of carbonyl (C=O) groups excluding carboxylic acids is 2. The first-order valence-corrected chi connectivity index (χ1v) is 7.35. The van der Waals surface area contributed by atoms with Gasteiger partial charge in [-0.15, -0.1) is 11.3 Å². The normalized spacial score (nSPS) is 26.4. The van der Waals surface area contributed by atoms with Gasteiger partial charge in [-0.05, 0) is 25.8 Å². The molecule has 1 fully saturated rings. The summed E-state index contributed by atoms with van der Waals surface area (Å²) < 4.78 is 0. The number of hydrogen-bond acceptors (Lipinski definition) is 4. The Balaban J connectivity index is 2.06. The lowest BCUT2D eigenvalue weighted by Gasteiger charge is -2.29. The van der Waals surface area contributed by atoms with Gasteiger partial charge in [0, 0.05) is 22.4 Å². The molecule has 4 nitrogen and oxygen atoms in total. The Morgan fingerprint density at radius 2 is 2.32 bits per heavy atom. The van der Waals surface area contributed by atoms with Gasteiger partial charge in [0.15, 0.2) is 5.78 Å². The van der Waals surface area contributed by atoms with E-state index in [2.05, 4.69) is 5.32 Å². The van der Waals surface area contributed by atoms with Crippen LogP contribution in [0.15, 0.2) is 11.4 Å². The number of rotatable bonds is 4. The summed E-state index contributed by atoms with van der Waals surface area (Å²) >= 11 is 1.28. The minimum Gasteiger partial charge on any atom is -0.396 e. The van der Waals surface area contributed by atoms with Crippen molar-refractivity contribution in [3.63, 3.8) is 0 Å². The number of aliphatic hydroxyl groups excluding tert-OH is 1. The molecular weight excluding hydrogens is 262 g/mol. The van der Waals surface area contributed by atoms with E-state index in [9.17, 15) is 14.7 Å². The van der Waals surface area contributed by atoms with Crippen LogP contribution in [0.1, 0.15) is 53.1 Å². The molecule has 1 heterocycles. The maximum Gasteiger partial charge on any atom is 0.261 e. The third kappa shape index (κ3) is 2.87. The SMILES string of the molecule is CC(=O)c1csc(C(=O)NC2CCCC2(C)CO)c1. The van der Waals surface area contributed by atoms with E-state index in [1.165, 1.54) is 18.3 Å². The van der Waals surface area contributed by atoms with Crippen molar-refractivity contribution in [1.29, 1.82) is 0 Å². The molecule has 0 saturated heterocycles. The highest BCUT2D eigenvalue weighted by Crippen LogP contribution is 2.37. The predicted molar refractivity (Wildman–Crippen MR) is 74.6 cm³/mol. The Hall–Kier alpha value is -1.20. The monoisotopic (exact) mass is 281 g/mol. The van der Waals surface area contributed by atoms with Crippen molar-refractivity contribution in [1.82, 2.24) is 5.32 Å². The molecule has 1 aliphatic carbocycles. The van der Waals surface area contributed by atoms with Crippen LogP contribution < -0.4 is 5.32 Å². The highest BCUT2D eigenvalue weighted by Gasteiger charge is 2.39. The maximum atomic E-state index is 12.1. The van der Waals surface area contributed by atoms with Gasteiger partial charge >= 0.3 is 0 Å². The smallest absolute Gasteiger partial charge is 0.261 e. The summed E-state index contributed by atoms with van der Waals surface area (Å²) in [5.41, 5.74) is 0.350. The van der Waals surface area contributed by atoms with E-state index in [1.54, 1.807) is 11.4 Å². The molecule has 1 aromatic heterocycles. The van der Waals surface area contributed by atoms with E-state index >= 15 is 0 Å². The summed E-state index contributed by atoms with van der Waals surface area (Å²) in [6.45, 7) is 3.57. The molecule has 2 atom stereocenters. The van der Waals surface area contributed by atoms with Gasteiger partial charge < -0.3 is 10.4 Å². The molecule has 2 unspecified atom stereocenters. The van der Waals surface area contributed by atoms with Gasteiger partial charge in [-0.3, -0.25) is 9.59 Å². The summed E-state index contributed by atoms with van der Waals surface area (Å²) in [5, 5.41) is 14.2. The van der Waals surface area contributed by atoms with Crippen LogP contribution in [0.4, 0.5) is 0 Å². The number of thiophene rings is 1. The molecule has 0 aliphatic heterocycles. The number of aliphatic hydroxyl groups is 1. The predicted octanol–water partition coefficient (Wildman–Crippen LogP) is 2.23. The third-order valence-electron chi connectivity index (χ3n) is 3.98. The summed E-state index contributed by atoms with van der Waals surface area (Å²) in [4.78, 5) is 23.9. The zero-order valence-corrected chi connectivity index (χ0v) is 12.0. The second-order valence-corrected chi connectivity index (χ2v) is 6.40. The molecule has 1 saturated carbocycles. The fraction of sp³-hybridized carbons (Fsp3) is 0.571. The second-order valence-electron chi connectivity index (χ2n) is 5.49. The minimum absolute atomic E-state index is 0.00729. The van der Waals surface area contributed by atoms with E-state index in [4.69, 9.17) is 0 Å². The molecule has 19 heavy (non-hydrogen) atoms. The van der Waals surface area contributed by atoms with Crippen molar-refractivity contribution < 1.29 is 14.7 Å². The van der Waals surface area contributed by atoms with Crippen LogP contribution in [0.25, 0.3) is 0 Å². The average Bonchev–Trinajstić information content (AvgIpc) is 2.98. The van der Waals surface area contributed by atoms with Gasteiger partial charge in [-0.1, -0.05) is 13.3 Å². The van der Waals surface area contributed by atoms with Crippen LogP contribution in [0.5, 0.6) is 0 Å². The number of Topliss-reactive ketones (excluding diaryl/α,β-unsaturated/α-hetero) is 1. The molecule has 104 valence electrons. The van der Waals surface area contributed by atoms with E-state index in [0.717, 1.165) is 19.3 Å². The molecule has 2 N–H and O–H groups in total. The van der Waals surface area contributed by atoms with Crippen molar-refractivity contribution in [3.05, 3.63) is 21.9 Å². The third-order valence-corrected chi connectivity index (χ3v) is 4.91. The van der Waals surface area contributed by atoms with Crippen molar-refractivity contribution in [2.24, 2.45) is 5.41 Å². The first-order chi connectivity index (χ1) is 8.96. The number of ketones is 1. The Labute approximate surface area is 116 Å². The summed E-state index contributed by atoms with van der Waals surface area (Å²) in [6.07, 6.45) is 2.84. The quantitative estimate of drug-likeness (QED) is 0.832. The highest BCUT2D eigenvalue weighted by atomic mass is 32.1. The minimum atomic E-state index is -0.226. The first kappa shape index (κ1) is 14.2. The van der Waals surface area contributed by atoms with Crippen LogP contribution in [-0.4, -0.2) is 29.4 Å². The van der Waals surface area contributed by atoms with Gasteiger partial charge in [0.25, 0.3) is 5.91 Å². The molecule has 1 aromatic rings. The van der Waals surface area contributed by atoms with Crippen LogP contribution in [0.3, 0.4) is 0 Å². The molecule has 0 spiro atoms. The lowest BCUT2D eigenvalue weighted by atomic mass is 9.86. The van der Waals surface area contributed by atoms with Crippen LogP contribution in [-0.2, 0) is 0 Å². The molecule has 5 heteroatoms. The highest BCUT2D eigenvalue weighted by molar-refractivity contribution is 7.12. The van der Waals surface area contributed by atoms with Crippen LogP contribution >= 0.6 is 11.3 Å². The number of carbonyl (C=O) groups is 2. The van der Waals surface area contributed by atoms with E-state index in [-0.39, 0.29) is 29.8 Å². The maximum absolute atomic E-state index is 12.1. The zero-order chi connectivity index (χ0) is 14.0. The fourth-order valence-corrected chi connectivity index (χ4v) is 3.39. The van der Waals surface area contributed by atoms with Gasteiger partial charge in [0.2, 0.25) is 0 Å². The number of hydrogen-bond donors (Lipinski definition) is 2.